The molecule has 0 saturated carbocycles. The van der Waals surface area contributed by atoms with Gasteiger partial charge in [0.05, 0.1) is 11.3 Å². The Morgan fingerprint density at radius 3 is 2.50 bits per heavy atom. The standard InChI is InChI=1S/C19H20N4O2.ClH/c1-14-7-8-17(25-14)18-16(19(24)22-11-9-20-10-12-22)13-23(21-18)15-5-3-2-4-6-15;/h2-8,13,20H,9-12H2,1H3;1H. The van der Waals surface area contributed by atoms with Crippen LogP contribution in [-0.2, 0) is 0 Å². The summed E-state index contributed by atoms with van der Waals surface area (Å²) in [5.41, 5.74) is 2.06. The van der Waals surface area contributed by atoms with Gasteiger partial charge in [-0.2, -0.15) is 5.10 Å². The summed E-state index contributed by atoms with van der Waals surface area (Å²) in [6.07, 6.45) is 1.80. The third kappa shape index (κ3) is 3.52. The molecule has 1 aromatic carbocycles. The molecule has 0 atom stereocenters. The lowest BCUT2D eigenvalue weighted by molar-refractivity contribution is 0.0736. The number of carbonyl (C=O) groups excluding carboxylic acids is 1. The predicted octanol–water partition coefficient (Wildman–Crippen LogP) is 2.91. The zero-order valence-electron chi connectivity index (χ0n) is 14.5. The zero-order valence-corrected chi connectivity index (χ0v) is 15.3. The van der Waals surface area contributed by atoms with Gasteiger partial charge in [0, 0.05) is 32.4 Å². The summed E-state index contributed by atoms with van der Waals surface area (Å²) < 4.78 is 7.48. The summed E-state index contributed by atoms with van der Waals surface area (Å²) in [7, 11) is 0. The van der Waals surface area contributed by atoms with Gasteiger partial charge in [-0.1, -0.05) is 18.2 Å². The molecule has 0 aliphatic carbocycles. The molecule has 1 amide bonds. The van der Waals surface area contributed by atoms with E-state index in [0.717, 1.165) is 24.5 Å². The van der Waals surface area contributed by atoms with Gasteiger partial charge in [0.15, 0.2) is 5.76 Å². The van der Waals surface area contributed by atoms with Gasteiger partial charge in [-0.25, -0.2) is 4.68 Å². The number of hydrogen-bond donors (Lipinski definition) is 1. The first-order valence-electron chi connectivity index (χ1n) is 8.44. The van der Waals surface area contributed by atoms with Crippen LogP contribution in [0.4, 0.5) is 0 Å². The lowest BCUT2D eigenvalue weighted by atomic mass is 10.1. The molecular weight excluding hydrogens is 352 g/mol. The minimum Gasteiger partial charge on any atom is -0.460 e. The number of halogens is 1. The van der Waals surface area contributed by atoms with Gasteiger partial charge in [-0.15, -0.1) is 12.4 Å². The lowest BCUT2D eigenvalue weighted by Crippen LogP contribution is -2.46. The highest BCUT2D eigenvalue weighted by atomic mass is 35.5. The van der Waals surface area contributed by atoms with Crippen LogP contribution in [0.3, 0.4) is 0 Å². The van der Waals surface area contributed by atoms with Crippen LogP contribution in [0.25, 0.3) is 17.1 Å². The Bertz CT molecular complexity index is 882. The van der Waals surface area contributed by atoms with Crippen LogP contribution in [0.1, 0.15) is 16.1 Å². The smallest absolute Gasteiger partial charge is 0.257 e. The summed E-state index contributed by atoms with van der Waals surface area (Å²) in [5, 5.41) is 7.91. The molecule has 1 fully saturated rings. The second-order valence-corrected chi connectivity index (χ2v) is 6.12. The molecule has 2 aromatic heterocycles. The highest BCUT2D eigenvalue weighted by Gasteiger charge is 2.25. The van der Waals surface area contributed by atoms with Gasteiger partial charge in [0.1, 0.15) is 11.5 Å². The number of aromatic nitrogens is 2. The van der Waals surface area contributed by atoms with Crippen molar-refractivity contribution in [2.75, 3.05) is 26.2 Å². The minimum absolute atomic E-state index is 0. The number of rotatable bonds is 3. The zero-order chi connectivity index (χ0) is 17.2. The summed E-state index contributed by atoms with van der Waals surface area (Å²) in [5.74, 6) is 1.41. The Morgan fingerprint density at radius 1 is 1.12 bits per heavy atom. The lowest BCUT2D eigenvalue weighted by Gasteiger charge is -2.27. The normalized spacial score (nSPS) is 14.1. The van der Waals surface area contributed by atoms with Crippen molar-refractivity contribution in [3.8, 4) is 17.1 Å². The molecule has 4 rings (SSSR count). The van der Waals surface area contributed by atoms with E-state index in [4.69, 9.17) is 4.42 Å². The van der Waals surface area contributed by atoms with E-state index in [0.29, 0.717) is 30.1 Å². The van der Waals surface area contributed by atoms with Crippen molar-refractivity contribution in [2.45, 2.75) is 6.92 Å². The van der Waals surface area contributed by atoms with E-state index in [-0.39, 0.29) is 18.3 Å². The fourth-order valence-electron chi connectivity index (χ4n) is 3.03. The van der Waals surface area contributed by atoms with Crippen LogP contribution in [0.5, 0.6) is 0 Å². The molecule has 136 valence electrons. The van der Waals surface area contributed by atoms with Crippen molar-refractivity contribution >= 4 is 18.3 Å². The number of benzene rings is 1. The number of piperazine rings is 1. The Hall–Kier alpha value is -2.57. The van der Waals surface area contributed by atoms with Gasteiger partial charge in [-0.3, -0.25) is 4.79 Å². The van der Waals surface area contributed by atoms with E-state index in [1.807, 2.05) is 54.3 Å². The molecule has 3 aromatic rings. The van der Waals surface area contributed by atoms with Crippen molar-refractivity contribution in [3.05, 3.63) is 60.0 Å². The van der Waals surface area contributed by atoms with E-state index < -0.39 is 0 Å². The quantitative estimate of drug-likeness (QED) is 0.767. The Morgan fingerprint density at radius 2 is 1.85 bits per heavy atom. The van der Waals surface area contributed by atoms with E-state index in [9.17, 15) is 4.79 Å². The van der Waals surface area contributed by atoms with Crippen molar-refractivity contribution in [3.63, 3.8) is 0 Å². The fraction of sp³-hybridized carbons (Fsp3) is 0.263. The average Bonchev–Trinajstić information content (AvgIpc) is 3.29. The van der Waals surface area contributed by atoms with Crippen LogP contribution in [0.2, 0.25) is 0 Å². The van der Waals surface area contributed by atoms with Gasteiger partial charge >= 0.3 is 0 Å². The Labute approximate surface area is 158 Å². The third-order valence-corrected chi connectivity index (χ3v) is 4.34. The van der Waals surface area contributed by atoms with Crippen molar-refractivity contribution in [1.29, 1.82) is 0 Å². The number of nitrogens with one attached hydrogen (secondary N) is 1. The molecule has 7 heteroatoms. The highest BCUT2D eigenvalue weighted by Crippen LogP contribution is 2.26. The first kappa shape index (κ1) is 18.2. The van der Waals surface area contributed by atoms with Gasteiger partial charge in [-0.05, 0) is 31.2 Å². The summed E-state index contributed by atoms with van der Waals surface area (Å²) >= 11 is 0. The molecule has 1 aliphatic rings. The van der Waals surface area contributed by atoms with Crippen LogP contribution in [0.15, 0.2) is 53.1 Å². The van der Waals surface area contributed by atoms with E-state index in [1.54, 1.807) is 10.9 Å². The Kier molecular flexibility index (Phi) is 5.44. The van der Waals surface area contributed by atoms with Gasteiger partial charge < -0.3 is 14.6 Å². The fourth-order valence-corrected chi connectivity index (χ4v) is 3.03. The molecule has 1 saturated heterocycles. The van der Waals surface area contributed by atoms with Crippen molar-refractivity contribution in [1.82, 2.24) is 20.0 Å². The molecule has 26 heavy (non-hydrogen) atoms. The maximum absolute atomic E-state index is 13.0. The molecule has 1 N–H and O–H groups in total. The molecule has 0 unspecified atom stereocenters. The summed E-state index contributed by atoms with van der Waals surface area (Å²) in [6, 6.07) is 13.5. The summed E-state index contributed by atoms with van der Waals surface area (Å²) in [4.78, 5) is 14.9. The predicted molar refractivity (Wildman–Crippen MR) is 102 cm³/mol. The van der Waals surface area contributed by atoms with E-state index in [1.165, 1.54) is 0 Å². The number of amides is 1. The molecule has 6 nitrogen and oxygen atoms in total. The molecule has 0 radical (unpaired) electrons. The average molecular weight is 373 g/mol. The number of furan rings is 1. The Balaban J connectivity index is 0.00000196. The van der Waals surface area contributed by atoms with Crippen LogP contribution in [-0.4, -0.2) is 46.8 Å². The largest absolute Gasteiger partial charge is 0.460 e. The number of carbonyl (C=O) groups is 1. The number of nitrogens with zero attached hydrogens (tertiary/aromatic N) is 3. The monoisotopic (exact) mass is 372 g/mol. The second-order valence-electron chi connectivity index (χ2n) is 6.12. The second kappa shape index (κ2) is 7.76. The molecular formula is C19H21ClN4O2. The minimum atomic E-state index is -0.00673. The molecule has 1 aliphatic heterocycles. The third-order valence-electron chi connectivity index (χ3n) is 4.34. The van der Waals surface area contributed by atoms with Gasteiger partial charge in [0.2, 0.25) is 0 Å². The number of aryl methyl sites for hydroxylation is 1. The van der Waals surface area contributed by atoms with Crippen LogP contribution in [0, 0.1) is 6.92 Å². The first-order valence-corrected chi connectivity index (χ1v) is 8.44. The van der Waals surface area contributed by atoms with Crippen molar-refractivity contribution < 1.29 is 9.21 Å². The van der Waals surface area contributed by atoms with Crippen LogP contribution >= 0.6 is 12.4 Å². The molecule has 0 spiro atoms. The SMILES string of the molecule is Cc1ccc(-c2nn(-c3ccccc3)cc2C(=O)N2CCNCC2)o1.Cl. The maximum Gasteiger partial charge on any atom is 0.257 e. The number of hydrogen-bond acceptors (Lipinski definition) is 4. The maximum atomic E-state index is 13.0. The van der Waals surface area contributed by atoms with Gasteiger partial charge in [0.25, 0.3) is 5.91 Å². The highest BCUT2D eigenvalue weighted by molar-refractivity contribution is 5.99. The number of para-hydroxylation sites is 1. The summed E-state index contributed by atoms with van der Waals surface area (Å²) in [6.45, 7) is 4.91. The van der Waals surface area contributed by atoms with Crippen molar-refractivity contribution in [2.24, 2.45) is 0 Å². The van der Waals surface area contributed by atoms with E-state index in [2.05, 4.69) is 10.4 Å². The first-order chi connectivity index (χ1) is 12.2. The topological polar surface area (TPSA) is 63.3 Å². The van der Waals surface area contributed by atoms with E-state index >= 15 is 0 Å². The molecule has 3 heterocycles. The molecule has 0 bridgehead atoms. The van der Waals surface area contributed by atoms with Crippen LogP contribution < -0.4 is 5.32 Å².